The molecule has 1 rings (SSSR count). The molecule has 0 bridgehead atoms. The monoisotopic (exact) mass is 438 g/mol. The van der Waals surface area contributed by atoms with Gasteiger partial charge < -0.3 is 21.0 Å². The number of esters is 1. The maximum absolute atomic E-state index is 12.8. The molecule has 0 aliphatic heterocycles. The van der Waals surface area contributed by atoms with Crippen molar-refractivity contribution in [1.82, 2.24) is 0 Å². The van der Waals surface area contributed by atoms with Gasteiger partial charge in [-0.05, 0) is 19.3 Å². The molecule has 23 heavy (non-hydrogen) atoms. The molecular weight excluding hydrogens is 425 g/mol. The Bertz CT molecular complexity index is 422. The number of aliphatic hydroxyl groups is 2. The van der Waals surface area contributed by atoms with E-state index in [-0.39, 0.29) is 25.9 Å². The zero-order valence-electron chi connectivity index (χ0n) is 11.4. The fourth-order valence-electron chi connectivity index (χ4n) is 2.45. The number of aliphatic hydroxyl groups excluding tert-OH is 1. The first kappa shape index (κ1) is 22.3. The smallest absolute Gasteiger partial charge is 0.426 e. The topological polar surface area (TPSA) is 66.8 Å². The summed E-state index contributed by atoms with van der Waals surface area (Å²) in [4.78, 5) is 10.9. The molecule has 1 radical (unpaired) electrons. The SMILES string of the molecule is C=[C-]C(=O)OC1CCC(O)C(C(O)(C(F)(F)F)C(F)(F)F)C1.[Rh]. The largest absolute Gasteiger partial charge is 0.487 e. The van der Waals surface area contributed by atoms with Crippen LogP contribution in [0.1, 0.15) is 19.3 Å². The number of carbonyl (C=O) groups is 1. The first-order valence-electron chi connectivity index (χ1n) is 6.12. The summed E-state index contributed by atoms with van der Waals surface area (Å²) in [6.07, 6.45) is -15.3. The fraction of sp³-hybridized carbons (Fsp3) is 0.750. The van der Waals surface area contributed by atoms with Crippen LogP contribution in [0.5, 0.6) is 0 Å². The van der Waals surface area contributed by atoms with Gasteiger partial charge in [-0.1, -0.05) is 0 Å². The molecule has 3 atom stereocenters. The Morgan fingerprint density at radius 2 is 1.61 bits per heavy atom. The van der Waals surface area contributed by atoms with Crippen LogP contribution in [-0.4, -0.2) is 46.3 Å². The molecule has 2 N–H and O–H groups in total. The summed E-state index contributed by atoms with van der Waals surface area (Å²) in [5.74, 6) is -3.74. The van der Waals surface area contributed by atoms with Gasteiger partial charge in [-0.15, -0.1) is 0 Å². The summed E-state index contributed by atoms with van der Waals surface area (Å²) in [7, 11) is 0. The van der Waals surface area contributed by atoms with E-state index in [9.17, 15) is 41.4 Å². The third-order valence-electron chi connectivity index (χ3n) is 3.58. The average molecular weight is 438 g/mol. The van der Waals surface area contributed by atoms with Crippen molar-refractivity contribution >= 4 is 5.97 Å². The number of carbonyl (C=O) groups excluding carboxylic acids is 1. The summed E-state index contributed by atoms with van der Waals surface area (Å²) < 4.78 is 81.4. The Kier molecular flexibility index (Phi) is 7.27. The second-order valence-electron chi connectivity index (χ2n) is 4.95. The Morgan fingerprint density at radius 1 is 1.13 bits per heavy atom. The second kappa shape index (κ2) is 7.48. The summed E-state index contributed by atoms with van der Waals surface area (Å²) in [6.45, 7) is 2.93. The van der Waals surface area contributed by atoms with Crippen LogP contribution in [0.2, 0.25) is 0 Å². The second-order valence-corrected chi connectivity index (χ2v) is 4.95. The number of halogens is 6. The van der Waals surface area contributed by atoms with Crippen molar-refractivity contribution in [3.8, 4) is 0 Å². The zero-order chi connectivity index (χ0) is 17.3. The first-order valence-corrected chi connectivity index (χ1v) is 6.12. The molecule has 0 aromatic heterocycles. The van der Waals surface area contributed by atoms with E-state index < -0.39 is 54.9 Å². The summed E-state index contributed by atoms with van der Waals surface area (Å²) >= 11 is 0. The van der Waals surface area contributed by atoms with E-state index in [0.29, 0.717) is 0 Å². The first-order chi connectivity index (χ1) is 9.84. The molecule has 0 aromatic carbocycles. The van der Waals surface area contributed by atoms with Gasteiger partial charge in [0.2, 0.25) is 0 Å². The number of alkyl halides is 6. The molecule has 0 heterocycles. The summed E-state index contributed by atoms with van der Waals surface area (Å²) in [6, 6.07) is 0. The van der Waals surface area contributed by atoms with Gasteiger partial charge in [-0.25, -0.2) is 0 Å². The molecule has 0 spiro atoms. The van der Waals surface area contributed by atoms with E-state index in [2.05, 4.69) is 11.3 Å². The van der Waals surface area contributed by atoms with Gasteiger partial charge in [-0.2, -0.15) is 26.3 Å². The minimum Gasteiger partial charge on any atom is -0.487 e. The Hall–Kier alpha value is -0.667. The van der Waals surface area contributed by atoms with Crippen molar-refractivity contribution < 1.29 is 65.6 Å². The van der Waals surface area contributed by atoms with Crippen LogP contribution in [0, 0.1) is 12.0 Å². The molecule has 0 saturated heterocycles. The zero-order valence-corrected chi connectivity index (χ0v) is 13.0. The molecule has 0 aromatic rings. The standard InChI is InChI=1S/C12H13F6O4.Rh/c1-2-9(20)22-6-3-4-8(19)7(5-6)10(21,11(13,14)15)12(16,17)18;/h6-8,19,21H,1,3-5H2;/q-1;. The molecule has 1 aliphatic carbocycles. The van der Waals surface area contributed by atoms with Crippen LogP contribution < -0.4 is 0 Å². The van der Waals surface area contributed by atoms with Gasteiger partial charge in [0.15, 0.2) is 0 Å². The number of hydrogen-bond donors (Lipinski definition) is 2. The maximum Gasteiger partial charge on any atom is 0.426 e. The minimum absolute atomic E-state index is 0. The van der Waals surface area contributed by atoms with Gasteiger partial charge in [0.1, 0.15) is 5.97 Å². The maximum atomic E-state index is 12.8. The predicted molar refractivity (Wildman–Crippen MR) is 59.2 cm³/mol. The molecule has 0 amide bonds. The van der Waals surface area contributed by atoms with Gasteiger partial charge >= 0.3 is 12.4 Å². The minimum atomic E-state index is -6.05. The van der Waals surface area contributed by atoms with E-state index in [0.717, 1.165) is 0 Å². The Balaban J connectivity index is 0.00000484. The molecule has 3 unspecified atom stereocenters. The third kappa shape index (κ3) is 4.45. The van der Waals surface area contributed by atoms with Crippen LogP contribution in [0.3, 0.4) is 0 Å². The average Bonchev–Trinajstić information content (AvgIpc) is 2.37. The predicted octanol–water partition coefficient (Wildman–Crippen LogP) is 1.90. The molecule has 1 fully saturated rings. The van der Waals surface area contributed by atoms with Gasteiger partial charge in [0, 0.05) is 25.4 Å². The number of ether oxygens (including phenoxy) is 1. The van der Waals surface area contributed by atoms with E-state index >= 15 is 0 Å². The molecule has 11 heteroatoms. The van der Waals surface area contributed by atoms with Crippen molar-refractivity contribution in [2.24, 2.45) is 5.92 Å². The summed E-state index contributed by atoms with van der Waals surface area (Å²) in [5.41, 5.74) is -5.09. The molecule has 1 saturated carbocycles. The number of rotatable bonds is 3. The van der Waals surface area contributed by atoms with Crippen molar-refractivity contribution in [2.75, 3.05) is 0 Å². The van der Waals surface area contributed by atoms with E-state index in [1.807, 2.05) is 0 Å². The van der Waals surface area contributed by atoms with Crippen LogP contribution in [0.25, 0.3) is 0 Å². The molecule has 1 aliphatic rings. The van der Waals surface area contributed by atoms with E-state index in [4.69, 9.17) is 0 Å². The van der Waals surface area contributed by atoms with Crippen LogP contribution in [0.15, 0.2) is 6.58 Å². The fourth-order valence-corrected chi connectivity index (χ4v) is 2.45. The molecular formula is C12H13F6O4Rh-. The van der Waals surface area contributed by atoms with Crippen LogP contribution in [-0.2, 0) is 29.0 Å². The quantitative estimate of drug-likeness (QED) is 0.232. The number of hydrogen-bond acceptors (Lipinski definition) is 4. The van der Waals surface area contributed by atoms with Gasteiger partial charge in [-0.3, -0.25) is 11.4 Å². The van der Waals surface area contributed by atoms with E-state index in [1.165, 1.54) is 0 Å². The van der Waals surface area contributed by atoms with Gasteiger partial charge in [0.25, 0.3) is 5.60 Å². The van der Waals surface area contributed by atoms with Crippen molar-refractivity contribution in [3.63, 3.8) is 0 Å². The molecule has 137 valence electrons. The Labute approximate surface area is 140 Å². The van der Waals surface area contributed by atoms with Crippen molar-refractivity contribution in [1.29, 1.82) is 0 Å². The van der Waals surface area contributed by atoms with Crippen LogP contribution >= 0.6 is 0 Å². The van der Waals surface area contributed by atoms with E-state index in [1.54, 1.807) is 6.08 Å². The van der Waals surface area contributed by atoms with Crippen molar-refractivity contribution in [3.05, 3.63) is 12.7 Å². The normalized spacial score (nSPS) is 26.2. The third-order valence-corrected chi connectivity index (χ3v) is 3.58. The summed E-state index contributed by atoms with van der Waals surface area (Å²) in [5, 5.41) is 18.8. The van der Waals surface area contributed by atoms with Crippen LogP contribution in [0.4, 0.5) is 26.3 Å². The van der Waals surface area contributed by atoms with Gasteiger partial charge in [0.05, 0.1) is 12.2 Å². The van der Waals surface area contributed by atoms with Crippen molar-refractivity contribution in [2.45, 2.75) is 49.4 Å². The molecule has 4 nitrogen and oxygen atoms in total. The Morgan fingerprint density at radius 3 is 2.00 bits per heavy atom.